The molecule has 1 atom stereocenters. The summed E-state index contributed by atoms with van der Waals surface area (Å²) in [7, 11) is 0. The molecule has 0 saturated heterocycles. The van der Waals surface area contributed by atoms with E-state index in [9.17, 15) is 19.2 Å². The van der Waals surface area contributed by atoms with Crippen molar-refractivity contribution in [2.24, 2.45) is 5.92 Å². The number of amides is 3. The van der Waals surface area contributed by atoms with Crippen LogP contribution < -0.4 is 16.0 Å². The second-order valence-electron chi connectivity index (χ2n) is 7.31. The first-order chi connectivity index (χ1) is 15.7. The minimum atomic E-state index is -0.564. The zero-order chi connectivity index (χ0) is 24.9. The van der Waals surface area contributed by atoms with Crippen LogP contribution in [0, 0.1) is 11.3 Å². The average molecular weight is 491 g/mol. The van der Waals surface area contributed by atoms with E-state index < -0.39 is 16.7 Å². The zero-order valence-electron chi connectivity index (χ0n) is 19.6. The van der Waals surface area contributed by atoms with Crippen LogP contribution in [0.25, 0.3) is 0 Å². The molecular weight excluding hydrogens is 452 g/mol. The van der Waals surface area contributed by atoms with Crippen molar-refractivity contribution in [2.45, 2.75) is 39.5 Å². The van der Waals surface area contributed by atoms with E-state index >= 15 is 0 Å². The van der Waals surface area contributed by atoms with Crippen LogP contribution in [0.2, 0.25) is 0 Å². The molecule has 0 bridgehead atoms. The van der Waals surface area contributed by atoms with E-state index in [4.69, 9.17) is 19.6 Å². The smallest absolute Gasteiger partial charge is 0.223 e. The Bertz CT molecular complexity index is 619. The number of ketones is 1. The monoisotopic (exact) mass is 490 g/mol. The lowest BCUT2D eigenvalue weighted by Gasteiger charge is -2.12. The van der Waals surface area contributed by atoms with Gasteiger partial charge in [0.2, 0.25) is 23.5 Å². The van der Waals surface area contributed by atoms with Gasteiger partial charge in [0.25, 0.3) is 0 Å². The molecule has 0 aliphatic heterocycles. The first-order valence-corrected chi connectivity index (χ1v) is 11.5. The van der Waals surface area contributed by atoms with Crippen LogP contribution >= 0.6 is 12.6 Å². The van der Waals surface area contributed by atoms with Gasteiger partial charge in [-0.25, -0.2) is 0 Å². The Hall–Kier alpha value is -2.02. The van der Waals surface area contributed by atoms with E-state index in [-0.39, 0.29) is 30.7 Å². The third-order valence-corrected chi connectivity index (χ3v) is 4.56. The van der Waals surface area contributed by atoms with Crippen LogP contribution in [-0.2, 0) is 33.4 Å². The first kappa shape index (κ1) is 31.0. The van der Waals surface area contributed by atoms with E-state index in [1.54, 1.807) is 6.92 Å². The Morgan fingerprint density at radius 2 is 1.36 bits per heavy atom. The van der Waals surface area contributed by atoms with Crippen LogP contribution in [0.5, 0.6) is 0 Å². The quantitative estimate of drug-likeness (QED) is 0.0660. The predicted octanol–water partition coefficient (Wildman–Crippen LogP) is 0.0774. The fourth-order valence-electron chi connectivity index (χ4n) is 2.38. The maximum absolute atomic E-state index is 11.9. The van der Waals surface area contributed by atoms with Gasteiger partial charge in [-0.15, -0.1) is 12.6 Å². The molecule has 190 valence electrons. The SMILES string of the molecule is CC(=O)NCCCOCCOCCOCCCNC(=O)CC[C@H](C)C(=O)NCC(=O)C(=N)S. The maximum atomic E-state index is 11.9. The Labute approximate surface area is 201 Å². The second-order valence-corrected chi connectivity index (χ2v) is 7.75. The molecule has 11 nitrogen and oxygen atoms in total. The topological polar surface area (TPSA) is 156 Å². The Balaban J connectivity index is 3.46. The van der Waals surface area contributed by atoms with Gasteiger partial charge >= 0.3 is 0 Å². The lowest BCUT2D eigenvalue weighted by atomic mass is 10.0. The predicted molar refractivity (Wildman–Crippen MR) is 127 cm³/mol. The lowest BCUT2D eigenvalue weighted by Crippen LogP contribution is -2.35. The van der Waals surface area contributed by atoms with Gasteiger partial charge in [-0.05, 0) is 19.3 Å². The minimum absolute atomic E-state index is 0.0442. The van der Waals surface area contributed by atoms with Crippen molar-refractivity contribution in [2.75, 3.05) is 59.3 Å². The fourth-order valence-corrected chi connectivity index (χ4v) is 2.45. The zero-order valence-corrected chi connectivity index (χ0v) is 20.5. The molecule has 0 heterocycles. The maximum Gasteiger partial charge on any atom is 0.223 e. The number of hydrogen-bond acceptors (Lipinski definition) is 8. The highest BCUT2D eigenvalue weighted by atomic mass is 32.1. The van der Waals surface area contributed by atoms with Gasteiger partial charge in [0.05, 0.1) is 33.0 Å². The molecule has 0 saturated carbocycles. The summed E-state index contributed by atoms with van der Waals surface area (Å²) in [5.41, 5.74) is 0. The summed E-state index contributed by atoms with van der Waals surface area (Å²) in [4.78, 5) is 45.6. The summed E-state index contributed by atoms with van der Waals surface area (Å²) in [6.45, 7) is 6.93. The van der Waals surface area contributed by atoms with E-state index in [1.165, 1.54) is 6.92 Å². The number of carbonyl (C=O) groups excluding carboxylic acids is 4. The van der Waals surface area contributed by atoms with Gasteiger partial charge in [-0.3, -0.25) is 24.6 Å². The normalized spacial score (nSPS) is 11.5. The minimum Gasteiger partial charge on any atom is -0.379 e. The van der Waals surface area contributed by atoms with Crippen LogP contribution in [0.15, 0.2) is 0 Å². The molecule has 0 aromatic carbocycles. The van der Waals surface area contributed by atoms with Crippen LogP contribution in [-0.4, -0.2) is 87.8 Å². The Morgan fingerprint density at radius 1 is 0.848 bits per heavy atom. The highest BCUT2D eigenvalue weighted by Crippen LogP contribution is 2.05. The van der Waals surface area contributed by atoms with Crippen LogP contribution in [0.4, 0.5) is 0 Å². The van der Waals surface area contributed by atoms with Crippen molar-refractivity contribution in [3.8, 4) is 0 Å². The van der Waals surface area contributed by atoms with Gasteiger partial charge in [-0.2, -0.15) is 0 Å². The molecule has 0 aliphatic rings. The van der Waals surface area contributed by atoms with Crippen molar-refractivity contribution >= 4 is 41.2 Å². The van der Waals surface area contributed by atoms with E-state index in [2.05, 4.69) is 28.6 Å². The van der Waals surface area contributed by atoms with Crippen LogP contribution in [0.1, 0.15) is 39.5 Å². The van der Waals surface area contributed by atoms with Crippen molar-refractivity contribution in [3.63, 3.8) is 0 Å². The summed E-state index contributed by atoms with van der Waals surface area (Å²) >= 11 is 3.61. The van der Waals surface area contributed by atoms with E-state index in [0.29, 0.717) is 65.6 Å². The first-order valence-electron chi connectivity index (χ1n) is 11.1. The van der Waals surface area contributed by atoms with Crippen molar-refractivity contribution in [3.05, 3.63) is 0 Å². The van der Waals surface area contributed by atoms with Crippen molar-refractivity contribution < 1.29 is 33.4 Å². The van der Waals surface area contributed by atoms with Gasteiger partial charge < -0.3 is 30.2 Å². The highest BCUT2D eigenvalue weighted by molar-refractivity contribution is 7.99. The lowest BCUT2D eigenvalue weighted by molar-refractivity contribution is -0.127. The molecular formula is C21H38N4O7S. The number of thiol groups is 1. The number of nitrogens with one attached hydrogen (secondary N) is 4. The average Bonchev–Trinajstić information content (AvgIpc) is 2.77. The molecule has 4 N–H and O–H groups in total. The molecule has 0 fully saturated rings. The summed E-state index contributed by atoms with van der Waals surface area (Å²) < 4.78 is 16.2. The molecule has 3 amide bonds. The van der Waals surface area contributed by atoms with Gasteiger partial charge in [0, 0.05) is 45.6 Å². The second kappa shape index (κ2) is 20.6. The number of rotatable bonds is 21. The molecule has 0 radical (unpaired) electrons. The molecule has 0 rings (SSSR count). The summed E-state index contributed by atoms with van der Waals surface area (Å²) in [5.74, 6) is -1.52. The number of carbonyl (C=O) groups is 4. The number of hydrogen-bond donors (Lipinski definition) is 5. The Morgan fingerprint density at radius 3 is 1.88 bits per heavy atom. The van der Waals surface area contributed by atoms with Gasteiger partial charge in [0.1, 0.15) is 5.04 Å². The number of Topliss-reactive ketones (excluding diaryl/α,β-unsaturated/α-hetero) is 1. The van der Waals surface area contributed by atoms with Gasteiger partial charge in [0.15, 0.2) is 0 Å². The standard InChI is InChI=1S/C21H38N4O7S/c1-16(21(29)25-15-18(27)20(22)33)5-6-19(28)24-8-4-10-31-12-14-32-13-11-30-9-3-7-23-17(2)26/h16H,3-15H2,1-2H3,(H2,22,33)(H,23,26)(H,24,28)(H,25,29)/t16-/m0/s1. The molecule has 0 aromatic heterocycles. The van der Waals surface area contributed by atoms with Crippen molar-refractivity contribution in [1.29, 1.82) is 5.41 Å². The molecule has 0 aliphatic carbocycles. The fraction of sp³-hybridized carbons (Fsp3) is 0.762. The number of ether oxygens (including phenoxy) is 3. The molecule has 0 aromatic rings. The van der Waals surface area contributed by atoms with Crippen LogP contribution in [0.3, 0.4) is 0 Å². The Kier molecular flexibility index (Phi) is 19.3. The highest BCUT2D eigenvalue weighted by Gasteiger charge is 2.16. The van der Waals surface area contributed by atoms with E-state index in [0.717, 1.165) is 6.42 Å². The molecule has 33 heavy (non-hydrogen) atoms. The third-order valence-electron chi connectivity index (χ3n) is 4.31. The molecule has 12 heteroatoms. The largest absolute Gasteiger partial charge is 0.379 e. The summed E-state index contributed by atoms with van der Waals surface area (Å²) in [6, 6.07) is 0. The van der Waals surface area contributed by atoms with Crippen molar-refractivity contribution in [1.82, 2.24) is 16.0 Å². The molecule has 0 unspecified atom stereocenters. The summed E-state index contributed by atoms with van der Waals surface area (Å²) in [6.07, 6.45) is 1.99. The third kappa shape index (κ3) is 20.3. The van der Waals surface area contributed by atoms with E-state index in [1.807, 2.05) is 0 Å². The molecule has 0 spiro atoms. The van der Waals surface area contributed by atoms with Gasteiger partial charge in [-0.1, -0.05) is 6.92 Å². The summed E-state index contributed by atoms with van der Waals surface area (Å²) in [5, 5.41) is 14.6.